The van der Waals surface area contributed by atoms with Gasteiger partial charge in [-0.05, 0) is 97.0 Å². The minimum atomic E-state index is 0.697. The van der Waals surface area contributed by atoms with E-state index in [0.29, 0.717) is 5.82 Å². The van der Waals surface area contributed by atoms with E-state index in [1.54, 1.807) is 0 Å². The molecule has 0 fully saturated rings. The summed E-state index contributed by atoms with van der Waals surface area (Å²) in [7, 11) is 0. The van der Waals surface area contributed by atoms with Gasteiger partial charge in [-0.2, -0.15) is 0 Å². The molecular weight excluding hydrogens is 739 g/mol. The highest BCUT2D eigenvalue weighted by Crippen LogP contribution is 2.42. The predicted octanol–water partition coefficient (Wildman–Crippen LogP) is 15.4. The van der Waals surface area contributed by atoms with Gasteiger partial charge in [-0.15, -0.1) is 0 Å². The minimum Gasteiger partial charge on any atom is -0.309 e. The van der Waals surface area contributed by atoms with E-state index in [2.05, 4.69) is 211 Å². The molecule has 0 unspecified atom stereocenters. The Hall–Kier alpha value is -8.14. The van der Waals surface area contributed by atoms with Crippen LogP contribution in [0.3, 0.4) is 0 Å². The summed E-state index contributed by atoms with van der Waals surface area (Å²) in [5.41, 5.74) is 13.1. The molecule has 0 saturated carbocycles. The van der Waals surface area contributed by atoms with Gasteiger partial charge in [-0.3, -0.25) is 0 Å². The smallest absolute Gasteiger partial charge is 0.160 e. The Bertz CT molecular complexity index is 3620. The van der Waals surface area contributed by atoms with Crippen LogP contribution in [0, 0.1) is 0 Å². The van der Waals surface area contributed by atoms with Crippen LogP contribution in [0.15, 0.2) is 224 Å². The molecule has 0 spiro atoms. The van der Waals surface area contributed by atoms with Gasteiger partial charge in [0.2, 0.25) is 0 Å². The van der Waals surface area contributed by atoms with Crippen LogP contribution in [-0.2, 0) is 0 Å². The van der Waals surface area contributed by atoms with Crippen molar-refractivity contribution in [1.82, 2.24) is 14.5 Å². The molecule has 3 nitrogen and oxygen atoms in total. The normalized spacial score (nSPS) is 11.6. The number of benzene rings is 10. The summed E-state index contributed by atoms with van der Waals surface area (Å²) in [5, 5.41) is 9.95. The van der Waals surface area contributed by atoms with Gasteiger partial charge in [0.1, 0.15) is 0 Å². The molecule has 3 heteroatoms. The molecule has 0 amide bonds. The van der Waals surface area contributed by atoms with Crippen molar-refractivity contribution in [3.05, 3.63) is 224 Å². The third kappa shape index (κ3) is 5.90. The molecule has 0 aliphatic carbocycles. The van der Waals surface area contributed by atoms with Gasteiger partial charge >= 0.3 is 0 Å². The Morgan fingerprint density at radius 2 is 0.918 bits per heavy atom. The second kappa shape index (κ2) is 14.3. The molecule has 10 aromatic carbocycles. The average molecular weight is 776 g/mol. The number of rotatable bonds is 6. The first-order valence-corrected chi connectivity index (χ1v) is 20.8. The molecule has 0 radical (unpaired) electrons. The number of hydrogen-bond donors (Lipinski definition) is 0. The van der Waals surface area contributed by atoms with Gasteiger partial charge in [0.25, 0.3) is 0 Å². The van der Waals surface area contributed by atoms with Crippen molar-refractivity contribution in [2.45, 2.75) is 0 Å². The van der Waals surface area contributed by atoms with Crippen molar-refractivity contribution in [2.75, 3.05) is 0 Å². The van der Waals surface area contributed by atoms with Crippen molar-refractivity contribution >= 4 is 54.1 Å². The van der Waals surface area contributed by atoms with Crippen LogP contribution in [0.4, 0.5) is 0 Å². The molecule has 12 aromatic rings. The fraction of sp³-hybridized carbons (Fsp3) is 0. The van der Waals surface area contributed by atoms with Crippen molar-refractivity contribution in [2.24, 2.45) is 0 Å². The topological polar surface area (TPSA) is 30.7 Å². The number of para-hydroxylation sites is 2. The third-order valence-corrected chi connectivity index (χ3v) is 12.2. The van der Waals surface area contributed by atoms with Crippen LogP contribution in [0.1, 0.15) is 0 Å². The highest BCUT2D eigenvalue weighted by atomic mass is 15.0. The first-order chi connectivity index (χ1) is 30.2. The van der Waals surface area contributed by atoms with Crippen LogP contribution in [0.5, 0.6) is 0 Å². The quantitative estimate of drug-likeness (QED) is 0.124. The van der Waals surface area contributed by atoms with Crippen LogP contribution >= 0.6 is 0 Å². The number of hydrogen-bond acceptors (Lipinski definition) is 2. The molecule has 2 aromatic heterocycles. The SMILES string of the molecule is c1ccc(-c2nc(-c3ccc(-c4cccc5c4c4ccccc4n5-c4ccccc4)cc3)cc(-c3cccc(-c4c5ccccc5cc5c4ccc4ccccc45)c3)n2)cc1. The van der Waals surface area contributed by atoms with E-state index in [1.165, 1.54) is 65.3 Å². The molecular formula is C58H37N3. The van der Waals surface area contributed by atoms with E-state index in [-0.39, 0.29) is 0 Å². The lowest BCUT2D eigenvalue weighted by Crippen LogP contribution is -1.96. The van der Waals surface area contributed by atoms with Gasteiger partial charge in [-0.25, -0.2) is 9.97 Å². The fourth-order valence-electron chi connectivity index (χ4n) is 9.36. The van der Waals surface area contributed by atoms with Gasteiger partial charge in [0.05, 0.1) is 22.4 Å². The van der Waals surface area contributed by atoms with Crippen molar-refractivity contribution in [3.63, 3.8) is 0 Å². The third-order valence-electron chi connectivity index (χ3n) is 12.2. The number of aromatic nitrogens is 3. The minimum absolute atomic E-state index is 0.697. The lowest BCUT2D eigenvalue weighted by Gasteiger charge is -2.15. The maximum Gasteiger partial charge on any atom is 0.160 e. The first-order valence-electron chi connectivity index (χ1n) is 20.8. The standard InChI is InChI=1S/C58H37N3/c1-3-16-41(17-4-1)58-59-52(40-31-29-39(30-32-40)47-26-14-28-55-57(47)50-25-11-12-27-54(50)61(55)45-21-5-2-6-22-45)37-53(60-58)43-19-13-20-44(35-43)56-48-24-10-8-18-42(48)36-51-46-23-9-7-15-38(46)33-34-49(51)56/h1-37H. The summed E-state index contributed by atoms with van der Waals surface area (Å²) in [6.07, 6.45) is 0. The van der Waals surface area contributed by atoms with E-state index in [1.807, 2.05) is 18.2 Å². The summed E-state index contributed by atoms with van der Waals surface area (Å²) in [6.45, 7) is 0. The predicted molar refractivity (Wildman–Crippen MR) is 256 cm³/mol. The maximum atomic E-state index is 5.24. The van der Waals surface area contributed by atoms with Crippen molar-refractivity contribution < 1.29 is 0 Å². The highest BCUT2D eigenvalue weighted by Gasteiger charge is 2.18. The molecule has 0 bridgehead atoms. The van der Waals surface area contributed by atoms with Crippen LogP contribution in [0.2, 0.25) is 0 Å². The molecule has 284 valence electrons. The molecule has 0 atom stereocenters. The summed E-state index contributed by atoms with van der Waals surface area (Å²) >= 11 is 0. The second-order valence-electron chi connectivity index (χ2n) is 15.7. The van der Waals surface area contributed by atoms with Crippen LogP contribution in [0.25, 0.3) is 116 Å². The van der Waals surface area contributed by atoms with E-state index < -0.39 is 0 Å². The van der Waals surface area contributed by atoms with Gasteiger partial charge in [0, 0.05) is 33.2 Å². The summed E-state index contributed by atoms with van der Waals surface area (Å²) in [5.74, 6) is 0.697. The zero-order valence-corrected chi connectivity index (χ0v) is 33.2. The van der Waals surface area contributed by atoms with E-state index in [9.17, 15) is 0 Å². The van der Waals surface area contributed by atoms with Crippen LogP contribution in [-0.4, -0.2) is 14.5 Å². The Kier molecular flexibility index (Phi) is 8.17. The van der Waals surface area contributed by atoms with Crippen molar-refractivity contribution in [1.29, 1.82) is 0 Å². The number of nitrogens with zero attached hydrogens (tertiary/aromatic N) is 3. The Morgan fingerprint density at radius 3 is 1.74 bits per heavy atom. The molecule has 0 aliphatic heterocycles. The second-order valence-corrected chi connectivity index (χ2v) is 15.7. The van der Waals surface area contributed by atoms with Gasteiger partial charge < -0.3 is 4.57 Å². The fourth-order valence-corrected chi connectivity index (χ4v) is 9.36. The monoisotopic (exact) mass is 775 g/mol. The zero-order valence-electron chi connectivity index (χ0n) is 33.2. The molecule has 61 heavy (non-hydrogen) atoms. The molecule has 0 N–H and O–H groups in total. The van der Waals surface area contributed by atoms with Crippen LogP contribution < -0.4 is 0 Å². The Labute approximate surface area is 353 Å². The summed E-state index contributed by atoms with van der Waals surface area (Å²) in [4.78, 5) is 10.4. The zero-order chi connectivity index (χ0) is 40.3. The lowest BCUT2D eigenvalue weighted by molar-refractivity contribution is 1.18. The lowest BCUT2D eigenvalue weighted by atomic mass is 9.89. The van der Waals surface area contributed by atoms with E-state index >= 15 is 0 Å². The Balaban J connectivity index is 0.994. The molecule has 2 heterocycles. The molecule has 12 rings (SSSR count). The van der Waals surface area contributed by atoms with E-state index in [0.717, 1.165) is 44.9 Å². The number of fused-ring (bicyclic) bond motifs is 7. The Morgan fingerprint density at radius 1 is 0.311 bits per heavy atom. The average Bonchev–Trinajstić information content (AvgIpc) is 3.68. The summed E-state index contributed by atoms with van der Waals surface area (Å²) in [6, 6.07) is 80.4. The first kappa shape index (κ1) is 34.9. The van der Waals surface area contributed by atoms with E-state index in [4.69, 9.17) is 9.97 Å². The van der Waals surface area contributed by atoms with Crippen molar-refractivity contribution in [3.8, 4) is 61.8 Å². The molecule has 0 aliphatic rings. The molecule has 0 saturated heterocycles. The largest absolute Gasteiger partial charge is 0.309 e. The summed E-state index contributed by atoms with van der Waals surface area (Å²) < 4.78 is 2.37. The van der Waals surface area contributed by atoms with Gasteiger partial charge in [-0.1, -0.05) is 182 Å². The maximum absolute atomic E-state index is 5.24. The van der Waals surface area contributed by atoms with Gasteiger partial charge in [0.15, 0.2) is 5.82 Å². The highest BCUT2D eigenvalue weighted by molar-refractivity contribution is 6.20.